The van der Waals surface area contributed by atoms with Gasteiger partial charge in [-0.25, -0.2) is 4.79 Å². The predicted octanol–water partition coefficient (Wildman–Crippen LogP) is -6.02. The van der Waals surface area contributed by atoms with Crippen molar-refractivity contribution in [1.82, 2.24) is 52.3 Å². The van der Waals surface area contributed by atoms with E-state index in [-0.39, 0.29) is 45.2 Å². The number of carbonyl (C=O) groups is 12. The largest absolute Gasteiger partial charge is 0.481 e. The van der Waals surface area contributed by atoms with Gasteiger partial charge in [0.05, 0.1) is 38.2 Å². The molecule has 8 atom stereocenters. The molecule has 15 N–H and O–H groups in total. The Morgan fingerprint density at radius 1 is 0.765 bits per heavy atom. The van der Waals surface area contributed by atoms with Crippen molar-refractivity contribution >= 4 is 71.0 Å². The van der Waals surface area contributed by atoms with Gasteiger partial charge in [-0.15, -0.1) is 0 Å². The number of carbonyl (C=O) groups excluding carboxylic acids is 10. The molecular weight excluding hydrogens is 901 g/mol. The number of likely N-dealkylation sites (N-methyl/N-ethyl adjacent to an activating group) is 1. The number of unbranched alkanes of at least 4 members (excludes halogenated alkanes) is 2. The van der Waals surface area contributed by atoms with Gasteiger partial charge in [-0.1, -0.05) is 26.2 Å². The fourth-order valence-electron chi connectivity index (χ4n) is 7.34. The van der Waals surface area contributed by atoms with Gasteiger partial charge in [-0.3, -0.25) is 52.7 Å². The number of hydrogen-bond donors (Lipinski definition) is 13. The number of aliphatic hydroxyl groups excluding tert-OH is 1. The molecule has 27 nitrogen and oxygen atoms in total. The Morgan fingerprint density at radius 3 is 2.03 bits per heavy atom. The van der Waals surface area contributed by atoms with Gasteiger partial charge >= 0.3 is 11.9 Å². The molecule has 2 rings (SSSR count). The first-order valence-corrected chi connectivity index (χ1v) is 22.5. The molecule has 0 aromatic rings. The van der Waals surface area contributed by atoms with Crippen LogP contribution in [0, 0.1) is 0 Å². The van der Waals surface area contributed by atoms with E-state index in [1.54, 1.807) is 6.92 Å². The summed E-state index contributed by atoms with van der Waals surface area (Å²) in [7, 11) is 1.12. The molecule has 2 saturated heterocycles. The van der Waals surface area contributed by atoms with Crippen molar-refractivity contribution in [2.45, 2.75) is 139 Å². The second-order valence-corrected chi connectivity index (χ2v) is 16.7. The van der Waals surface area contributed by atoms with Crippen molar-refractivity contribution in [3.05, 3.63) is 0 Å². The van der Waals surface area contributed by atoms with E-state index in [9.17, 15) is 72.9 Å². The molecule has 2 fully saturated rings. The molecule has 0 bridgehead atoms. The molecule has 68 heavy (non-hydrogen) atoms. The number of rotatable bonds is 30. The monoisotopic (exact) mass is 968 g/mol. The minimum Gasteiger partial charge on any atom is -0.481 e. The molecule has 0 saturated carbocycles. The zero-order valence-electron chi connectivity index (χ0n) is 38.6. The van der Waals surface area contributed by atoms with Gasteiger partial charge in [0.15, 0.2) is 0 Å². The minimum absolute atomic E-state index is 0.0668. The van der Waals surface area contributed by atoms with E-state index < -0.39 is 152 Å². The molecule has 0 radical (unpaired) electrons. The maximum absolute atomic E-state index is 13.5. The molecule has 0 spiro atoms. The number of primary amides is 1. The standard InChI is InChI=1S/C41H68N12O15/c1-4-9-24(37(63)47-22(2)35(61)46-20-33(58)53-15-8-11-29(53)39(65)50-26(41(67)68)10-6-5-7-14-42)49-32(57)21-52(3)40(66)28(17-34(59)60)51-38(64)25(12-13-30(43)55)48-31(56)19-45-36(62)27-16-23(54)18-44-27/h22-29,44,54H,4-21,42H2,1-3H3,(H2,43,55)(H,45,62)(H,46,61)(H,47,63)(H,48,56)(H,49,57)(H,50,65)(H,51,64)(H,59,60)(H,67,68)/t22-,23+,24-,25-,26-,27-,28-,29-/m0/s1. The fourth-order valence-corrected chi connectivity index (χ4v) is 7.34. The molecule has 2 aliphatic rings. The predicted molar refractivity (Wildman–Crippen MR) is 237 cm³/mol. The van der Waals surface area contributed by atoms with Crippen LogP contribution < -0.4 is 54.0 Å². The highest BCUT2D eigenvalue weighted by atomic mass is 16.4. The molecule has 382 valence electrons. The third-order valence-electron chi connectivity index (χ3n) is 11.0. The Morgan fingerprint density at radius 2 is 1.43 bits per heavy atom. The van der Waals surface area contributed by atoms with Crippen molar-refractivity contribution in [2.75, 3.05) is 46.3 Å². The lowest BCUT2D eigenvalue weighted by Gasteiger charge is -2.27. The van der Waals surface area contributed by atoms with Gasteiger partial charge in [0.1, 0.15) is 36.3 Å². The molecule has 0 aromatic heterocycles. The Bertz CT molecular complexity index is 1840. The van der Waals surface area contributed by atoms with Gasteiger partial charge in [-0.05, 0) is 58.4 Å². The van der Waals surface area contributed by atoms with Crippen LogP contribution in [0.25, 0.3) is 0 Å². The summed E-state index contributed by atoms with van der Waals surface area (Å²) >= 11 is 0. The van der Waals surface area contributed by atoms with Crippen LogP contribution in [0.2, 0.25) is 0 Å². The molecule has 10 amide bonds. The second kappa shape index (κ2) is 29.3. The molecular formula is C41H68N12O15. The van der Waals surface area contributed by atoms with E-state index in [0.29, 0.717) is 38.6 Å². The van der Waals surface area contributed by atoms with E-state index >= 15 is 0 Å². The average molecular weight is 969 g/mol. The lowest BCUT2D eigenvalue weighted by Crippen LogP contribution is -2.57. The Kier molecular flexibility index (Phi) is 24.9. The van der Waals surface area contributed by atoms with Crippen LogP contribution in [0.1, 0.15) is 90.9 Å². The SMILES string of the molecule is CCC[C@H](NC(=O)CN(C)C(=O)[C@H](CC(=O)O)NC(=O)[C@H](CCC(N)=O)NC(=O)CNC(=O)[C@@H]1C[C@@H](O)CN1)C(=O)N[C@@H](C)C(=O)NCC(=O)N1CCC[C@H]1C(=O)N[C@@H](CCCCCN)C(=O)O. The number of likely N-dealkylation sites (tertiary alicyclic amines) is 1. The number of hydrogen-bond acceptors (Lipinski definition) is 15. The number of aliphatic carboxylic acids is 2. The van der Waals surface area contributed by atoms with Crippen molar-refractivity contribution in [3.63, 3.8) is 0 Å². The molecule has 27 heteroatoms. The van der Waals surface area contributed by atoms with Crippen molar-refractivity contribution in [2.24, 2.45) is 11.5 Å². The molecule has 0 aromatic carbocycles. The van der Waals surface area contributed by atoms with Crippen molar-refractivity contribution < 1.29 is 72.9 Å². The first-order chi connectivity index (χ1) is 32.1. The van der Waals surface area contributed by atoms with Crippen LogP contribution in [0.15, 0.2) is 0 Å². The zero-order chi connectivity index (χ0) is 51.1. The summed E-state index contributed by atoms with van der Waals surface area (Å²) in [5.41, 5.74) is 10.7. The maximum atomic E-state index is 13.5. The van der Waals surface area contributed by atoms with E-state index in [1.807, 2.05) is 0 Å². The highest BCUT2D eigenvalue weighted by Crippen LogP contribution is 2.18. The van der Waals surface area contributed by atoms with E-state index in [1.165, 1.54) is 11.8 Å². The van der Waals surface area contributed by atoms with Gasteiger partial charge < -0.3 is 79.1 Å². The Hall–Kier alpha value is -6.48. The van der Waals surface area contributed by atoms with Crippen LogP contribution >= 0.6 is 0 Å². The molecule has 0 aliphatic carbocycles. The van der Waals surface area contributed by atoms with Gasteiger partial charge in [0.2, 0.25) is 59.1 Å². The second-order valence-electron chi connectivity index (χ2n) is 16.7. The number of aliphatic hydroxyl groups is 1. The quantitative estimate of drug-likeness (QED) is 0.0298. The molecule has 0 unspecified atom stereocenters. The van der Waals surface area contributed by atoms with Gasteiger partial charge in [0.25, 0.3) is 0 Å². The van der Waals surface area contributed by atoms with Crippen LogP contribution in [0.4, 0.5) is 0 Å². The van der Waals surface area contributed by atoms with E-state index in [2.05, 4.69) is 42.5 Å². The summed E-state index contributed by atoms with van der Waals surface area (Å²) in [6.45, 7) is 1.93. The van der Waals surface area contributed by atoms with Crippen LogP contribution in [-0.2, 0) is 57.5 Å². The van der Waals surface area contributed by atoms with Crippen LogP contribution in [0.5, 0.6) is 0 Å². The van der Waals surface area contributed by atoms with E-state index in [0.717, 1.165) is 11.9 Å². The van der Waals surface area contributed by atoms with Crippen LogP contribution in [-0.4, -0.2) is 191 Å². The minimum atomic E-state index is -1.80. The first-order valence-electron chi connectivity index (χ1n) is 22.5. The number of carboxylic acids is 2. The lowest BCUT2D eigenvalue weighted by atomic mass is 10.1. The molecule has 2 heterocycles. The highest BCUT2D eigenvalue weighted by molar-refractivity contribution is 5.98. The van der Waals surface area contributed by atoms with Crippen molar-refractivity contribution in [1.29, 1.82) is 0 Å². The number of amides is 10. The summed E-state index contributed by atoms with van der Waals surface area (Å²) in [6.07, 6.45) is 0.866. The smallest absolute Gasteiger partial charge is 0.326 e. The van der Waals surface area contributed by atoms with Gasteiger partial charge in [-0.2, -0.15) is 0 Å². The number of nitrogens with two attached hydrogens (primary N) is 2. The third kappa shape index (κ3) is 20.2. The number of nitrogens with one attached hydrogen (secondary N) is 8. The van der Waals surface area contributed by atoms with Gasteiger partial charge in [0, 0.05) is 26.6 Å². The maximum Gasteiger partial charge on any atom is 0.326 e. The van der Waals surface area contributed by atoms with Crippen molar-refractivity contribution in [3.8, 4) is 0 Å². The highest BCUT2D eigenvalue weighted by Gasteiger charge is 2.37. The summed E-state index contributed by atoms with van der Waals surface area (Å²) < 4.78 is 0. The summed E-state index contributed by atoms with van der Waals surface area (Å²) in [5.74, 6) is -11.0. The lowest BCUT2D eigenvalue weighted by molar-refractivity contribution is -0.144. The summed E-state index contributed by atoms with van der Waals surface area (Å²) in [5, 5.41) is 48.2. The summed E-state index contributed by atoms with van der Waals surface area (Å²) in [4.78, 5) is 154. The normalized spacial score (nSPS) is 18.6. The van der Waals surface area contributed by atoms with E-state index in [4.69, 9.17) is 11.5 Å². The first kappa shape index (κ1) is 57.6. The number of carboxylic acid groups (broad SMARTS) is 2. The topological polar surface area (TPSA) is 420 Å². The number of nitrogens with zero attached hydrogens (tertiary/aromatic N) is 2. The zero-order valence-corrected chi connectivity index (χ0v) is 38.6. The molecule has 2 aliphatic heterocycles. The fraction of sp³-hybridized carbons (Fsp3) is 0.707. The third-order valence-corrected chi connectivity index (χ3v) is 11.0. The summed E-state index contributed by atoms with van der Waals surface area (Å²) in [6, 6.07) is -8.67. The number of β-amino-alcohol motifs (C(OH)–C–C–N with tert-alkyl or cyclic N) is 1. The Labute approximate surface area is 392 Å². The average Bonchev–Trinajstić information content (AvgIpc) is 3.96. The Balaban J connectivity index is 1.98. The van der Waals surface area contributed by atoms with Crippen LogP contribution in [0.3, 0.4) is 0 Å².